The minimum Gasteiger partial charge on any atom is -0.481 e. The highest BCUT2D eigenvalue weighted by Crippen LogP contribution is 2.38. The van der Waals surface area contributed by atoms with Gasteiger partial charge in [0.15, 0.2) is 0 Å². The normalized spacial score (nSPS) is 17.7. The van der Waals surface area contributed by atoms with E-state index in [2.05, 4.69) is 15.5 Å². The van der Waals surface area contributed by atoms with E-state index >= 15 is 0 Å². The van der Waals surface area contributed by atoms with Crippen molar-refractivity contribution < 1.29 is 14.7 Å². The molecule has 2 N–H and O–H groups in total. The SMILES string of the molecule is O=C(CC1(C(=O)O)CCCCCC1)NCc1cccnn1. The molecule has 1 saturated carbocycles. The molecule has 0 aliphatic heterocycles. The Labute approximate surface area is 124 Å². The van der Waals surface area contributed by atoms with E-state index in [0.717, 1.165) is 25.7 Å². The van der Waals surface area contributed by atoms with Crippen LogP contribution < -0.4 is 5.32 Å². The Morgan fingerprint density at radius 2 is 1.95 bits per heavy atom. The minimum absolute atomic E-state index is 0.0442. The highest BCUT2D eigenvalue weighted by Gasteiger charge is 2.40. The maximum absolute atomic E-state index is 12.1. The second-order valence-corrected chi connectivity index (χ2v) is 5.67. The molecular weight excluding hydrogens is 270 g/mol. The van der Waals surface area contributed by atoms with Crippen LogP contribution in [0.5, 0.6) is 0 Å². The number of nitrogens with zero attached hydrogens (tertiary/aromatic N) is 2. The van der Waals surface area contributed by atoms with Crippen molar-refractivity contribution in [2.75, 3.05) is 0 Å². The molecule has 6 heteroatoms. The van der Waals surface area contributed by atoms with Crippen molar-refractivity contribution in [2.24, 2.45) is 5.41 Å². The lowest BCUT2D eigenvalue weighted by atomic mass is 9.77. The molecule has 1 aliphatic carbocycles. The Balaban J connectivity index is 1.93. The number of rotatable bonds is 5. The lowest BCUT2D eigenvalue weighted by Crippen LogP contribution is -2.37. The van der Waals surface area contributed by atoms with Gasteiger partial charge in [-0.1, -0.05) is 25.7 Å². The van der Waals surface area contributed by atoms with Crippen LogP contribution in [0.2, 0.25) is 0 Å². The van der Waals surface area contributed by atoms with Crippen molar-refractivity contribution in [3.05, 3.63) is 24.0 Å². The van der Waals surface area contributed by atoms with E-state index in [1.165, 1.54) is 0 Å². The predicted octanol–water partition coefficient (Wildman–Crippen LogP) is 1.91. The molecule has 114 valence electrons. The molecule has 1 aliphatic rings. The van der Waals surface area contributed by atoms with Crippen molar-refractivity contribution in [2.45, 2.75) is 51.5 Å². The first-order chi connectivity index (χ1) is 10.1. The first-order valence-electron chi connectivity index (χ1n) is 7.39. The molecule has 6 nitrogen and oxygen atoms in total. The van der Waals surface area contributed by atoms with E-state index in [0.29, 0.717) is 18.5 Å². The summed E-state index contributed by atoms with van der Waals surface area (Å²) < 4.78 is 0. The minimum atomic E-state index is -0.900. The van der Waals surface area contributed by atoms with Gasteiger partial charge in [-0.25, -0.2) is 0 Å². The van der Waals surface area contributed by atoms with Gasteiger partial charge < -0.3 is 10.4 Å². The van der Waals surface area contributed by atoms with Gasteiger partial charge in [0.1, 0.15) is 0 Å². The van der Waals surface area contributed by atoms with Crippen molar-refractivity contribution in [3.63, 3.8) is 0 Å². The molecule has 0 saturated heterocycles. The number of aromatic nitrogens is 2. The average Bonchev–Trinajstić information content (AvgIpc) is 2.73. The summed E-state index contributed by atoms with van der Waals surface area (Å²) in [7, 11) is 0. The third-order valence-electron chi connectivity index (χ3n) is 4.11. The number of hydrogen-bond donors (Lipinski definition) is 2. The van der Waals surface area contributed by atoms with Gasteiger partial charge in [-0.2, -0.15) is 10.2 Å². The second kappa shape index (κ2) is 7.15. The first-order valence-corrected chi connectivity index (χ1v) is 7.39. The van der Waals surface area contributed by atoms with Gasteiger partial charge in [-0.05, 0) is 25.0 Å². The smallest absolute Gasteiger partial charge is 0.310 e. The molecule has 0 radical (unpaired) electrons. The number of aliphatic carboxylic acids is 1. The number of carbonyl (C=O) groups excluding carboxylic acids is 1. The van der Waals surface area contributed by atoms with Crippen LogP contribution >= 0.6 is 0 Å². The highest BCUT2D eigenvalue weighted by molar-refractivity contribution is 5.84. The lowest BCUT2D eigenvalue weighted by Gasteiger charge is -2.27. The summed E-state index contributed by atoms with van der Waals surface area (Å²) in [6.45, 7) is 0.280. The molecule has 1 aromatic heterocycles. The lowest BCUT2D eigenvalue weighted by molar-refractivity contribution is -0.152. The van der Waals surface area contributed by atoms with Crippen molar-refractivity contribution >= 4 is 11.9 Å². The molecule has 0 atom stereocenters. The zero-order valence-electron chi connectivity index (χ0n) is 12.0. The summed E-state index contributed by atoms with van der Waals surface area (Å²) in [5, 5.41) is 19.9. The third kappa shape index (κ3) is 4.24. The summed E-state index contributed by atoms with van der Waals surface area (Å²) in [5.41, 5.74) is -0.237. The number of carboxylic acid groups (broad SMARTS) is 1. The maximum Gasteiger partial charge on any atom is 0.310 e. The van der Waals surface area contributed by atoms with E-state index in [1.54, 1.807) is 18.3 Å². The number of nitrogens with one attached hydrogen (secondary N) is 1. The van der Waals surface area contributed by atoms with Crippen LogP contribution in [0.15, 0.2) is 18.3 Å². The van der Waals surface area contributed by atoms with Crippen LogP contribution in [0.4, 0.5) is 0 Å². The molecule has 0 spiro atoms. The number of carboxylic acids is 1. The quantitative estimate of drug-likeness (QED) is 0.808. The van der Waals surface area contributed by atoms with Crippen LogP contribution in [0.1, 0.15) is 50.6 Å². The molecule has 1 amide bonds. The Hall–Kier alpha value is -1.98. The summed E-state index contributed by atoms with van der Waals surface area (Å²) in [6.07, 6.45) is 6.64. The fourth-order valence-corrected chi connectivity index (χ4v) is 2.86. The van der Waals surface area contributed by atoms with Gasteiger partial charge in [0.25, 0.3) is 0 Å². The molecule has 0 unspecified atom stereocenters. The fraction of sp³-hybridized carbons (Fsp3) is 0.600. The predicted molar refractivity (Wildman–Crippen MR) is 76.3 cm³/mol. The summed E-state index contributed by atoms with van der Waals surface area (Å²) in [4.78, 5) is 23.7. The van der Waals surface area contributed by atoms with Gasteiger partial charge in [0.05, 0.1) is 17.7 Å². The first kappa shape index (κ1) is 15.4. The molecule has 1 heterocycles. The Morgan fingerprint density at radius 1 is 1.24 bits per heavy atom. The van der Waals surface area contributed by atoms with E-state index in [1.807, 2.05) is 0 Å². The summed E-state index contributed by atoms with van der Waals surface area (Å²) in [6, 6.07) is 3.52. The van der Waals surface area contributed by atoms with Gasteiger partial charge in [0, 0.05) is 12.6 Å². The largest absolute Gasteiger partial charge is 0.481 e. The fourth-order valence-electron chi connectivity index (χ4n) is 2.86. The summed E-state index contributed by atoms with van der Waals surface area (Å²) >= 11 is 0. The van der Waals surface area contributed by atoms with Crippen LogP contribution in [0, 0.1) is 5.41 Å². The highest BCUT2D eigenvalue weighted by atomic mass is 16.4. The van der Waals surface area contributed by atoms with Gasteiger partial charge >= 0.3 is 5.97 Å². The average molecular weight is 291 g/mol. The van der Waals surface area contributed by atoms with Crippen molar-refractivity contribution in [1.29, 1.82) is 0 Å². The maximum atomic E-state index is 12.1. The third-order valence-corrected chi connectivity index (χ3v) is 4.11. The topological polar surface area (TPSA) is 92.2 Å². The second-order valence-electron chi connectivity index (χ2n) is 5.67. The molecule has 1 fully saturated rings. The molecule has 0 aromatic carbocycles. The molecule has 2 rings (SSSR count). The molecular formula is C15H21N3O3. The van der Waals surface area contributed by atoms with Crippen molar-refractivity contribution in [1.82, 2.24) is 15.5 Å². The molecule has 1 aromatic rings. The van der Waals surface area contributed by atoms with E-state index in [-0.39, 0.29) is 18.9 Å². The van der Waals surface area contributed by atoms with Gasteiger partial charge in [-0.3, -0.25) is 9.59 Å². The van der Waals surface area contributed by atoms with Crippen LogP contribution in [0.3, 0.4) is 0 Å². The van der Waals surface area contributed by atoms with Crippen LogP contribution in [-0.2, 0) is 16.1 Å². The van der Waals surface area contributed by atoms with Crippen molar-refractivity contribution in [3.8, 4) is 0 Å². The standard InChI is InChI=1S/C15H21N3O3/c19-13(16-11-12-6-5-9-17-18-12)10-15(14(20)21)7-3-1-2-4-8-15/h5-6,9H,1-4,7-8,10-11H2,(H,16,19)(H,20,21). The van der Waals surface area contributed by atoms with E-state index in [9.17, 15) is 14.7 Å². The van der Waals surface area contributed by atoms with E-state index < -0.39 is 11.4 Å². The Kier molecular flexibility index (Phi) is 5.25. The van der Waals surface area contributed by atoms with Crippen LogP contribution in [0.25, 0.3) is 0 Å². The zero-order chi connectivity index (χ0) is 15.1. The van der Waals surface area contributed by atoms with Gasteiger partial charge in [-0.15, -0.1) is 0 Å². The number of amides is 1. The monoisotopic (exact) mass is 291 g/mol. The molecule has 21 heavy (non-hydrogen) atoms. The van der Waals surface area contributed by atoms with E-state index in [4.69, 9.17) is 0 Å². The Bertz CT molecular complexity index is 482. The van der Waals surface area contributed by atoms with Gasteiger partial charge in [0.2, 0.25) is 5.91 Å². The molecule has 0 bridgehead atoms. The van der Waals surface area contributed by atoms with Crippen LogP contribution in [-0.4, -0.2) is 27.2 Å². The number of carbonyl (C=O) groups is 2. The Morgan fingerprint density at radius 3 is 2.52 bits per heavy atom. The summed E-state index contributed by atoms with van der Waals surface area (Å²) in [5.74, 6) is -1.08. The number of hydrogen-bond acceptors (Lipinski definition) is 4. The zero-order valence-corrected chi connectivity index (χ0v) is 12.0.